The Morgan fingerprint density at radius 1 is 1.14 bits per heavy atom. The Hall–Kier alpha value is -1.26. The van der Waals surface area contributed by atoms with Crippen LogP contribution in [-0.2, 0) is 0 Å². The number of hydrogen-bond donors (Lipinski definition) is 2. The first-order chi connectivity index (χ1) is 9.99. The van der Waals surface area contributed by atoms with E-state index in [1.807, 2.05) is 0 Å². The van der Waals surface area contributed by atoms with Crippen LogP contribution >= 0.6 is 0 Å². The molecule has 0 aromatic heterocycles. The van der Waals surface area contributed by atoms with Crippen LogP contribution in [-0.4, -0.2) is 48.3 Å². The molecule has 0 unspecified atom stereocenters. The van der Waals surface area contributed by atoms with E-state index in [2.05, 4.69) is 41.8 Å². The molecule has 1 aromatic rings. The third-order valence-corrected chi connectivity index (χ3v) is 4.90. The number of nitrogen functional groups attached to an aromatic ring is 1. The molecule has 0 radical (unpaired) electrons. The minimum atomic E-state index is -0.124. The number of aliphatic hydroxyl groups is 1. The number of aliphatic hydroxyl groups excluding tert-OH is 1. The number of nitrogens with zero attached hydrogens (tertiary/aromatic N) is 2. The zero-order chi connectivity index (χ0) is 15.0. The summed E-state index contributed by atoms with van der Waals surface area (Å²) in [6.45, 7) is 8.38. The second kappa shape index (κ2) is 5.50. The summed E-state index contributed by atoms with van der Waals surface area (Å²) in [6, 6.07) is 6.55. The summed E-state index contributed by atoms with van der Waals surface area (Å²) < 4.78 is 0. The van der Waals surface area contributed by atoms with Crippen molar-refractivity contribution in [3.8, 4) is 0 Å². The lowest BCUT2D eigenvalue weighted by atomic mass is 10.0. The molecule has 1 aromatic carbocycles. The molecule has 3 N–H and O–H groups in total. The summed E-state index contributed by atoms with van der Waals surface area (Å²) in [5.74, 6) is 0.738. The summed E-state index contributed by atoms with van der Waals surface area (Å²) in [7, 11) is 0. The maximum absolute atomic E-state index is 9.50. The molecule has 21 heavy (non-hydrogen) atoms. The molecular formula is C17H27N3O. The molecule has 4 heteroatoms. The van der Waals surface area contributed by atoms with Crippen LogP contribution in [0, 0.1) is 0 Å². The Kier molecular flexibility index (Phi) is 3.84. The molecule has 0 atom stereocenters. The maximum Gasteiger partial charge on any atom is 0.0610 e. The van der Waals surface area contributed by atoms with Gasteiger partial charge >= 0.3 is 0 Å². The summed E-state index contributed by atoms with van der Waals surface area (Å²) in [5, 5.41) is 9.50. The lowest BCUT2D eigenvalue weighted by Crippen LogP contribution is -2.56. The van der Waals surface area contributed by atoms with Crippen LogP contribution in [0.4, 0.5) is 11.4 Å². The van der Waals surface area contributed by atoms with Gasteiger partial charge in [-0.1, -0.05) is 0 Å². The van der Waals surface area contributed by atoms with Crippen molar-refractivity contribution in [2.75, 3.05) is 43.4 Å². The topological polar surface area (TPSA) is 52.7 Å². The molecule has 1 aliphatic carbocycles. The molecule has 1 aliphatic heterocycles. The first-order valence-electron chi connectivity index (χ1n) is 8.01. The van der Waals surface area contributed by atoms with Gasteiger partial charge in [0.25, 0.3) is 0 Å². The van der Waals surface area contributed by atoms with Crippen LogP contribution in [0.25, 0.3) is 0 Å². The van der Waals surface area contributed by atoms with Gasteiger partial charge in [-0.25, -0.2) is 0 Å². The molecule has 2 fully saturated rings. The molecule has 116 valence electrons. The predicted molar refractivity (Wildman–Crippen MR) is 87.8 cm³/mol. The Balaban J connectivity index is 1.69. The Morgan fingerprint density at radius 2 is 1.81 bits per heavy atom. The maximum atomic E-state index is 9.50. The van der Waals surface area contributed by atoms with Crippen molar-refractivity contribution in [2.24, 2.45) is 0 Å². The monoisotopic (exact) mass is 289 g/mol. The first-order valence-corrected chi connectivity index (χ1v) is 8.01. The van der Waals surface area contributed by atoms with E-state index < -0.39 is 0 Å². The highest BCUT2D eigenvalue weighted by atomic mass is 16.3. The van der Waals surface area contributed by atoms with E-state index in [1.165, 1.54) is 24.1 Å². The van der Waals surface area contributed by atoms with Crippen molar-refractivity contribution in [3.05, 3.63) is 23.8 Å². The number of anilines is 2. The van der Waals surface area contributed by atoms with E-state index in [0.717, 1.165) is 37.8 Å². The Morgan fingerprint density at radius 3 is 2.38 bits per heavy atom. The van der Waals surface area contributed by atoms with E-state index in [-0.39, 0.29) is 12.1 Å². The molecule has 0 bridgehead atoms. The summed E-state index contributed by atoms with van der Waals surface area (Å²) >= 11 is 0. The van der Waals surface area contributed by atoms with E-state index in [4.69, 9.17) is 5.73 Å². The zero-order valence-corrected chi connectivity index (χ0v) is 13.2. The van der Waals surface area contributed by atoms with E-state index in [9.17, 15) is 5.11 Å². The fourth-order valence-electron chi connectivity index (χ4n) is 3.16. The highest BCUT2D eigenvalue weighted by molar-refractivity contribution is 5.60. The largest absolute Gasteiger partial charge is 0.399 e. The first kappa shape index (κ1) is 14.7. The number of benzene rings is 1. The molecule has 0 amide bonds. The van der Waals surface area contributed by atoms with Gasteiger partial charge < -0.3 is 15.7 Å². The van der Waals surface area contributed by atoms with Crippen molar-refractivity contribution >= 4 is 11.4 Å². The minimum absolute atomic E-state index is 0.124. The molecule has 0 spiro atoms. The normalized spacial score (nSPS) is 20.8. The summed E-state index contributed by atoms with van der Waals surface area (Å²) in [4.78, 5) is 4.80. The number of piperazine rings is 1. The molecule has 1 heterocycles. The Labute approximate surface area is 127 Å². The van der Waals surface area contributed by atoms with Crippen LogP contribution in [0.3, 0.4) is 0 Å². The van der Waals surface area contributed by atoms with Crippen LogP contribution in [0.1, 0.15) is 38.2 Å². The molecule has 1 saturated heterocycles. The third-order valence-electron chi connectivity index (χ3n) is 4.90. The van der Waals surface area contributed by atoms with Crippen LogP contribution in [0.15, 0.2) is 18.2 Å². The van der Waals surface area contributed by atoms with Gasteiger partial charge in [0.15, 0.2) is 0 Å². The van der Waals surface area contributed by atoms with Gasteiger partial charge in [-0.05, 0) is 56.4 Å². The lowest BCUT2D eigenvalue weighted by molar-refractivity contribution is 0.0527. The van der Waals surface area contributed by atoms with Gasteiger partial charge in [0, 0.05) is 43.1 Å². The summed E-state index contributed by atoms with van der Waals surface area (Å²) in [5.41, 5.74) is 9.51. The van der Waals surface area contributed by atoms with Gasteiger partial charge in [0.05, 0.1) is 6.61 Å². The average molecular weight is 289 g/mol. The second-order valence-corrected chi connectivity index (χ2v) is 7.08. The molecule has 2 aliphatic rings. The number of hydrogen-bond acceptors (Lipinski definition) is 4. The van der Waals surface area contributed by atoms with Crippen molar-refractivity contribution < 1.29 is 5.11 Å². The Bertz CT molecular complexity index is 503. The van der Waals surface area contributed by atoms with E-state index in [0.29, 0.717) is 0 Å². The molecule has 1 saturated carbocycles. The van der Waals surface area contributed by atoms with Gasteiger partial charge in [-0.15, -0.1) is 0 Å². The third kappa shape index (κ3) is 3.16. The fraction of sp³-hybridized carbons (Fsp3) is 0.647. The van der Waals surface area contributed by atoms with Crippen molar-refractivity contribution in [1.82, 2.24) is 4.90 Å². The lowest BCUT2D eigenvalue weighted by Gasteiger charge is -2.44. The second-order valence-electron chi connectivity index (χ2n) is 7.08. The SMILES string of the molecule is CC(C)(CO)N1CCN(c2cc(N)cc(C3CC3)c2)CC1. The zero-order valence-electron chi connectivity index (χ0n) is 13.2. The van der Waals surface area contributed by atoms with Crippen LogP contribution < -0.4 is 10.6 Å². The molecular weight excluding hydrogens is 262 g/mol. The standard InChI is InChI=1S/C17H27N3O/c1-17(2,12-21)20-7-5-19(6-8-20)16-10-14(13-3-4-13)9-15(18)11-16/h9-11,13,21H,3-8,12,18H2,1-2H3. The van der Waals surface area contributed by atoms with Crippen molar-refractivity contribution in [2.45, 2.75) is 38.1 Å². The van der Waals surface area contributed by atoms with Gasteiger partial charge in [-0.3, -0.25) is 4.90 Å². The highest BCUT2D eigenvalue weighted by Crippen LogP contribution is 2.42. The van der Waals surface area contributed by atoms with Crippen LogP contribution in [0.2, 0.25) is 0 Å². The van der Waals surface area contributed by atoms with Crippen LogP contribution in [0.5, 0.6) is 0 Å². The molecule has 3 rings (SSSR count). The number of rotatable bonds is 4. The number of nitrogens with two attached hydrogens (primary N) is 1. The van der Waals surface area contributed by atoms with Gasteiger partial charge in [0.1, 0.15) is 0 Å². The smallest absolute Gasteiger partial charge is 0.0610 e. The average Bonchev–Trinajstić information content (AvgIpc) is 3.31. The van der Waals surface area contributed by atoms with E-state index in [1.54, 1.807) is 0 Å². The van der Waals surface area contributed by atoms with Gasteiger partial charge in [-0.2, -0.15) is 0 Å². The van der Waals surface area contributed by atoms with Gasteiger partial charge in [0.2, 0.25) is 0 Å². The fourth-order valence-corrected chi connectivity index (χ4v) is 3.16. The molecule has 4 nitrogen and oxygen atoms in total. The van der Waals surface area contributed by atoms with Crippen molar-refractivity contribution in [3.63, 3.8) is 0 Å². The predicted octanol–water partition coefficient (Wildman–Crippen LogP) is 2.04. The summed E-state index contributed by atoms with van der Waals surface area (Å²) in [6.07, 6.45) is 2.61. The highest BCUT2D eigenvalue weighted by Gasteiger charge is 2.30. The van der Waals surface area contributed by atoms with Crippen molar-refractivity contribution in [1.29, 1.82) is 0 Å². The quantitative estimate of drug-likeness (QED) is 0.833. The van der Waals surface area contributed by atoms with E-state index >= 15 is 0 Å². The minimum Gasteiger partial charge on any atom is -0.399 e.